The second-order valence-corrected chi connectivity index (χ2v) is 14.1. The zero-order chi connectivity index (χ0) is 37.7. The lowest BCUT2D eigenvalue weighted by molar-refractivity contribution is 0.477. The van der Waals surface area contributed by atoms with Crippen molar-refractivity contribution in [2.45, 2.75) is 0 Å². The van der Waals surface area contributed by atoms with Gasteiger partial charge in [-0.15, -0.1) is 0 Å². The minimum atomic E-state index is 0.613. The van der Waals surface area contributed by atoms with Gasteiger partial charge in [0.15, 0.2) is 29.0 Å². The van der Waals surface area contributed by atoms with Crippen LogP contribution in [0.5, 0.6) is 11.5 Å². The Labute approximate surface area is 330 Å². The molecule has 1 aromatic heterocycles. The number of benzene rings is 8. The molecule has 6 nitrogen and oxygen atoms in total. The van der Waals surface area contributed by atoms with Crippen molar-refractivity contribution in [3.8, 4) is 67.9 Å². The summed E-state index contributed by atoms with van der Waals surface area (Å²) in [7, 11) is 0. The van der Waals surface area contributed by atoms with E-state index < -0.39 is 0 Å². The Morgan fingerprint density at radius 1 is 0.298 bits per heavy atom. The third kappa shape index (κ3) is 5.62. The van der Waals surface area contributed by atoms with Gasteiger partial charge in [0.2, 0.25) is 0 Å². The van der Waals surface area contributed by atoms with Crippen LogP contribution in [0.1, 0.15) is 0 Å². The van der Waals surface area contributed by atoms with Crippen LogP contribution >= 0.6 is 0 Å². The van der Waals surface area contributed by atoms with Crippen molar-refractivity contribution in [2.75, 3.05) is 9.80 Å². The molecule has 0 aliphatic carbocycles. The van der Waals surface area contributed by atoms with E-state index in [1.54, 1.807) is 0 Å². The first kappa shape index (κ1) is 32.6. The first-order chi connectivity index (χ1) is 28.3. The first-order valence-corrected chi connectivity index (χ1v) is 19.0. The predicted octanol–water partition coefficient (Wildman–Crippen LogP) is 13.6. The zero-order valence-electron chi connectivity index (χ0n) is 30.7. The average Bonchev–Trinajstić information content (AvgIpc) is 3.41. The molecule has 57 heavy (non-hydrogen) atoms. The normalized spacial score (nSPS) is 12.3. The highest BCUT2D eigenvalue weighted by molar-refractivity contribution is 6.02. The number of hydrogen-bond acceptors (Lipinski definition) is 6. The Balaban J connectivity index is 1.01. The highest BCUT2D eigenvalue weighted by Gasteiger charge is 2.30. The molecule has 9 aromatic rings. The van der Waals surface area contributed by atoms with E-state index in [-0.39, 0.29) is 0 Å². The van der Waals surface area contributed by atoms with E-state index in [0.29, 0.717) is 17.5 Å². The Morgan fingerprint density at radius 2 is 0.702 bits per heavy atom. The first-order valence-electron chi connectivity index (χ1n) is 19.0. The van der Waals surface area contributed by atoms with Gasteiger partial charge in [-0.25, -0.2) is 15.0 Å². The third-order valence-electron chi connectivity index (χ3n) is 10.6. The van der Waals surface area contributed by atoms with Crippen molar-refractivity contribution in [3.63, 3.8) is 0 Å². The Bertz CT molecular complexity index is 2820. The van der Waals surface area contributed by atoms with Gasteiger partial charge in [-0.1, -0.05) is 133 Å². The fourth-order valence-electron chi connectivity index (χ4n) is 8.01. The summed E-state index contributed by atoms with van der Waals surface area (Å²) in [6, 6.07) is 69.2. The van der Waals surface area contributed by atoms with Crippen LogP contribution in [0.4, 0.5) is 34.1 Å². The van der Waals surface area contributed by atoms with Crippen molar-refractivity contribution < 1.29 is 4.74 Å². The lowest BCUT2D eigenvalue weighted by Gasteiger charge is -2.34. The van der Waals surface area contributed by atoms with Gasteiger partial charge in [0, 0.05) is 39.6 Å². The lowest BCUT2D eigenvalue weighted by atomic mass is 9.95. The van der Waals surface area contributed by atoms with E-state index in [1.807, 2.05) is 78.9 Å². The van der Waals surface area contributed by atoms with Gasteiger partial charge in [0.25, 0.3) is 0 Å². The van der Waals surface area contributed by atoms with Crippen molar-refractivity contribution in [2.24, 2.45) is 0 Å². The van der Waals surface area contributed by atoms with Gasteiger partial charge in [0.1, 0.15) is 0 Å². The van der Waals surface area contributed by atoms with Crippen LogP contribution in [-0.4, -0.2) is 15.0 Å². The maximum absolute atomic E-state index is 6.74. The molecule has 268 valence electrons. The van der Waals surface area contributed by atoms with Crippen LogP contribution in [0.25, 0.3) is 56.4 Å². The average molecular weight is 732 g/mol. The predicted molar refractivity (Wildman–Crippen MR) is 230 cm³/mol. The Morgan fingerprint density at radius 3 is 1.26 bits per heavy atom. The molecule has 0 N–H and O–H groups in total. The summed E-state index contributed by atoms with van der Waals surface area (Å²) in [5.74, 6) is 3.43. The van der Waals surface area contributed by atoms with Crippen LogP contribution in [0, 0.1) is 0 Å². The topological polar surface area (TPSA) is 54.4 Å². The molecule has 0 bridgehead atoms. The van der Waals surface area contributed by atoms with Crippen molar-refractivity contribution in [1.29, 1.82) is 0 Å². The van der Waals surface area contributed by atoms with Gasteiger partial charge in [-0.3, -0.25) is 0 Å². The third-order valence-corrected chi connectivity index (χ3v) is 10.6. The van der Waals surface area contributed by atoms with E-state index in [0.717, 1.165) is 62.3 Å². The lowest BCUT2D eigenvalue weighted by Crippen LogP contribution is -2.17. The zero-order valence-corrected chi connectivity index (χ0v) is 30.7. The minimum absolute atomic E-state index is 0.613. The number of fused-ring (bicyclic) bond motifs is 7. The fraction of sp³-hybridized carbons (Fsp3) is 0. The summed E-state index contributed by atoms with van der Waals surface area (Å²) < 4.78 is 6.74. The quantitative estimate of drug-likeness (QED) is 0.176. The summed E-state index contributed by atoms with van der Waals surface area (Å²) in [6.45, 7) is 0. The van der Waals surface area contributed by atoms with Crippen molar-refractivity contribution in [3.05, 3.63) is 200 Å². The molecule has 8 aromatic carbocycles. The molecule has 6 heteroatoms. The molecule has 0 radical (unpaired) electrons. The molecule has 0 saturated carbocycles. The Hall–Kier alpha value is -7.83. The molecule has 0 saturated heterocycles. The van der Waals surface area contributed by atoms with E-state index in [4.69, 9.17) is 19.7 Å². The van der Waals surface area contributed by atoms with E-state index in [1.165, 1.54) is 22.3 Å². The Kier molecular flexibility index (Phi) is 7.71. The molecular formula is C51H33N5O. The van der Waals surface area contributed by atoms with Crippen LogP contribution in [-0.2, 0) is 0 Å². The molecule has 0 unspecified atom stereocenters. The number of anilines is 6. The van der Waals surface area contributed by atoms with Gasteiger partial charge in [0.05, 0.1) is 28.4 Å². The number of ether oxygens (including phenoxy) is 1. The summed E-state index contributed by atoms with van der Waals surface area (Å²) in [4.78, 5) is 19.4. The molecule has 0 atom stereocenters. The summed E-state index contributed by atoms with van der Waals surface area (Å²) >= 11 is 0. The summed E-state index contributed by atoms with van der Waals surface area (Å²) in [5.41, 5.74) is 13.7. The maximum Gasteiger partial charge on any atom is 0.164 e. The molecule has 2 aliphatic heterocycles. The monoisotopic (exact) mass is 731 g/mol. The van der Waals surface area contributed by atoms with Gasteiger partial charge in [-0.2, -0.15) is 0 Å². The number of rotatable bonds is 5. The molecule has 3 heterocycles. The molecule has 2 aliphatic rings. The standard InChI is InChI=1S/C51H33N5O/c1-3-15-34(16-4-1)49-52-50(35-17-5-2-6-18-35)54-51(53-49)36-27-29-37(30-28-36)55-45-25-13-14-26-47(45)57-48-33-38(31-32-46(48)55)56-43-23-11-9-21-41(43)39-19-7-8-20-40(39)42-22-10-12-24-44(42)56/h1-33H. The van der Waals surface area contributed by atoms with Crippen LogP contribution in [0.15, 0.2) is 200 Å². The van der Waals surface area contributed by atoms with Crippen molar-refractivity contribution in [1.82, 2.24) is 15.0 Å². The molecule has 0 fully saturated rings. The van der Waals surface area contributed by atoms with E-state index in [9.17, 15) is 0 Å². The fourth-order valence-corrected chi connectivity index (χ4v) is 8.01. The molecule has 0 amide bonds. The largest absolute Gasteiger partial charge is 0.453 e. The van der Waals surface area contributed by atoms with Crippen LogP contribution in [0.3, 0.4) is 0 Å². The number of aromatic nitrogens is 3. The minimum Gasteiger partial charge on any atom is -0.453 e. The van der Waals surface area contributed by atoms with Crippen LogP contribution in [0.2, 0.25) is 0 Å². The maximum atomic E-state index is 6.74. The second kappa shape index (κ2) is 13.5. The second-order valence-electron chi connectivity index (χ2n) is 14.1. The van der Waals surface area contributed by atoms with Gasteiger partial charge >= 0.3 is 0 Å². The molecular weight excluding hydrogens is 699 g/mol. The highest BCUT2D eigenvalue weighted by Crippen LogP contribution is 2.55. The SMILES string of the molecule is c1ccc(-c2nc(-c3ccccc3)nc(-c3ccc(N4c5ccccc5Oc5cc(N6c7ccccc7-c7ccccc7-c7ccccc76)ccc54)cc3)n2)cc1. The number of para-hydroxylation sites is 4. The molecule has 0 spiro atoms. The number of nitrogens with zero attached hydrogens (tertiary/aromatic N) is 5. The summed E-state index contributed by atoms with van der Waals surface area (Å²) in [5, 5.41) is 0. The van der Waals surface area contributed by atoms with Gasteiger partial charge < -0.3 is 14.5 Å². The van der Waals surface area contributed by atoms with E-state index in [2.05, 4.69) is 131 Å². The van der Waals surface area contributed by atoms with Crippen molar-refractivity contribution >= 4 is 34.1 Å². The number of hydrogen-bond donors (Lipinski definition) is 0. The van der Waals surface area contributed by atoms with E-state index >= 15 is 0 Å². The van der Waals surface area contributed by atoms with Crippen LogP contribution < -0.4 is 14.5 Å². The smallest absolute Gasteiger partial charge is 0.164 e. The van der Waals surface area contributed by atoms with Gasteiger partial charge in [-0.05, 0) is 71.8 Å². The molecule has 11 rings (SSSR count). The summed E-state index contributed by atoms with van der Waals surface area (Å²) in [6.07, 6.45) is 0. The highest BCUT2D eigenvalue weighted by atomic mass is 16.5.